The van der Waals surface area contributed by atoms with Crippen LogP contribution in [0.25, 0.3) is 0 Å². The lowest BCUT2D eigenvalue weighted by atomic mass is 9.64. The standard InChI is InChI=1S/C39H51N3O5/c1-6-22-40(27-30-16-12-11-13-17-30)35(44)32-33-36(45)42(24-14-9-10-15-25-43)34(39(33)21-20-38(32,8-3)47-39)37(46)41(23-7-2)31-26-28(4)18-19-29(31)5/h6-7,11-13,16-19,26,32-34,43H,1-2,8-10,14-15,20-25,27H2,3-5H3/t32-,33-,34?,38+,39?/m0/s1. The molecular weight excluding hydrogens is 590 g/mol. The number of unbranched alkanes of at least 4 members (excludes halogenated alkanes) is 3. The van der Waals surface area contributed by atoms with Crippen LogP contribution in [0.4, 0.5) is 5.69 Å². The minimum Gasteiger partial charge on any atom is -0.396 e. The molecule has 5 rings (SSSR count). The van der Waals surface area contributed by atoms with Crippen LogP contribution in [0.3, 0.4) is 0 Å². The van der Waals surface area contributed by atoms with Gasteiger partial charge in [-0.05, 0) is 68.7 Å². The highest BCUT2D eigenvalue weighted by atomic mass is 16.5. The lowest BCUT2D eigenvalue weighted by Crippen LogP contribution is -2.56. The van der Waals surface area contributed by atoms with E-state index in [1.165, 1.54) is 0 Å². The van der Waals surface area contributed by atoms with Crippen molar-refractivity contribution in [3.05, 3.63) is 90.5 Å². The summed E-state index contributed by atoms with van der Waals surface area (Å²) >= 11 is 0. The van der Waals surface area contributed by atoms with Gasteiger partial charge in [-0.25, -0.2) is 0 Å². The molecule has 1 spiro atoms. The Morgan fingerprint density at radius 3 is 2.40 bits per heavy atom. The summed E-state index contributed by atoms with van der Waals surface area (Å²) < 4.78 is 7.09. The lowest BCUT2D eigenvalue weighted by Gasteiger charge is -2.37. The van der Waals surface area contributed by atoms with Crippen molar-refractivity contribution >= 4 is 23.4 Å². The average molecular weight is 642 g/mol. The van der Waals surface area contributed by atoms with Gasteiger partial charge in [-0.2, -0.15) is 0 Å². The smallest absolute Gasteiger partial charge is 0.253 e. The molecule has 3 aliphatic heterocycles. The van der Waals surface area contributed by atoms with Gasteiger partial charge >= 0.3 is 0 Å². The van der Waals surface area contributed by atoms with Crippen molar-refractivity contribution in [1.29, 1.82) is 0 Å². The molecule has 3 aliphatic rings. The molecule has 3 saturated heterocycles. The first kappa shape index (κ1) is 34.6. The highest BCUT2D eigenvalue weighted by Gasteiger charge is 2.79. The molecule has 0 saturated carbocycles. The Bertz CT molecular complexity index is 1480. The molecule has 3 fully saturated rings. The quantitative estimate of drug-likeness (QED) is 0.186. The lowest BCUT2D eigenvalue weighted by molar-refractivity contribution is -0.151. The molecular formula is C39H51N3O5. The topological polar surface area (TPSA) is 90.4 Å². The Hall–Kier alpha value is -3.75. The van der Waals surface area contributed by atoms with E-state index in [0.29, 0.717) is 51.7 Å². The monoisotopic (exact) mass is 641 g/mol. The van der Waals surface area contributed by atoms with Crippen molar-refractivity contribution in [1.82, 2.24) is 9.80 Å². The number of ether oxygens (including phenoxy) is 1. The van der Waals surface area contributed by atoms with Crippen molar-refractivity contribution in [2.75, 3.05) is 31.1 Å². The zero-order chi connectivity index (χ0) is 33.8. The van der Waals surface area contributed by atoms with Crippen LogP contribution in [-0.4, -0.2) is 76.1 Å². The number of aliphatic hydroxyl groups is 1. The molecule has 1 N–H and O–H groups in total. The van der Waals surface area contributed by atoms with E-state index in [-0.39, 0.29) is 30.9 Å². The number of aliphatic hydroxyl groups excluding tert-OH is 1. The number of benzene rings is 2. The van der Waals surface area contributed by atoms with Gasteiger partial charge in [0.15, 0.2) is 0 Å². The summed E-state index contributed by atoms with van der Waals surface area (Å²) in [6.45, 7) is 15.4. The van der Waals surface area contributed by atoms with Gasteiger partial charge in [-0.3, -0.25) is 14.4 Å². The number of hydrogen-bond donors (Lipinski definition) is 1. The third-order valence-corrected chi connectivity index (χ3v) is 10.6. The third-order valence-electron chi connectivity index (χ3n) is 10.6. The average Bonchev–Trinajstić information content (AvgIpc) is 3.68. The fraction of sp³-hybridized carbons (Fsp3) is 0.513. The van der Waals surface area contributed by atoms with Crippen LogP contribution in [0.15, 0.2) is 73.8 Å². The van der Waals surface area contributed by atoms with E-state index in [9.17, 15) is 14.7 Å². The van der Waals surface area contributed by atoms with Crippen molar-refractivity contribution in [2.45, 2.75) is 89.5 Å². The molecule has 3 amide bonds. The maximum Gasteiger partial charge on any atom is 0.253 e. The summed E-state index contributed by atoms with van der Waals surface area (Å²) in [6.07, 6.45) is 8.20. The summed E-state index contributed by atoms with van der Waals surface area (Å²) in [5, 5.41) is 9.30. The van der Waals surface area contributed by atoms with E-state index in [0.717, 1.165) is 35.2 Å². The van der Waals surface area contributed by atoms with Crippen LogP contribution in [0.5, 0.6) is 0 Å². The SMILES string of the molecule is C=CCN(Cc1ccccc1)C(=O)[C@@H]1[C@H]2C(=O)N(CCCCCCO)C(C(=O)N(CC=C)c3cc(C)ccc3C)C23CC[C@@]1(CC)O3. The summed E-state index contributed by atoms with van der Waals surface area (Å²) in [6, 6.07) is 15.0. The minimum absolute atomic E-state index is 0.121. The zero-order valence-electron chi connectivity index (χ0n) is 28.3. The maximum absolute atomic E-state index is 15.0. The molecule has 3 heterocycles. The maximum atomic E-state index is 15.0. The fourth-order valence-corrected chi connectivity index (χ4v) is 8.34. The van der Waals surface area contributed by atoms with E-state index >= 15 is 4.79 Å². The molecule has 2 unspecified atom stereocenters. The molecule has 252 valence electrons. The first-order valence-corrected chi connectivity index (χ1v) is 17.2. The normalized spacial score (nSPS) is 25.9. The van der Waals surface area contributed by atoms with Crippen LogP contribution in [0, 0.1) is 25.7 Å². The first-order valence-electron chi connectivity index (χ1n) is 17.2. The molecule has 8 heteroatoms. The fourth-order valence-electron chi connectivity index (χ4n) is 8.34. The van der Waals surface area contributed by atoms with E-state index in [1.54, 1.807) is 26.9 Å². The number of carbonyl (C=O) groups is 3. The van der Waals surface area contributed by atoms with Crippen LogP contribution in [0.2, 0.25) is 0 Å². The van der Waals surface area contributed by atoms with E-state index in [4.69, 9.17) is 4.74 Å². The van der Waals surface area contributed by atoms with Gasteiger partial charge in [-0.15, -0.1) is 13.2 Å². The van der Waals surface area contributed by atoms with E-state index in [1.807, 2.05) is 69.3 Å². The molecule has 2 aromatic carbocycles. The molecule has 47 heavy (non-hydrogen) atoms. The van der Waals surface area contributed by atoms with E-state index in [2.05, 4.69) is 13.2 Å². The van der Waals surface area contributed by atoms with Crippen LogP contribution in [-0.2, 0) is 25.7 Å². The summed E-state index contributed by atoms with van der Waals surface area (Å²) in [5.74, 6) is -1.96. The number of aryl methyl sites for hydroxylation is 2. The number of anilines is 1. The number of amides is 3. The molecule has 2 aromatic rings. The number of nitrogens with zero attached hydrogens (tertiary/aromatic N) is 3. The van der Waals surface area contributed by atoms with E-state index < -0.39 is 29.1 Å². The molecule has 0 aliphatic carbocycles. The highest BCUT2D eigenvalue weighted by Crippen LogP contribution is 2.64. The first-order chi connectivity index (χ1) is 22.7. The summed E-state index contributed by atoms with van der Waals surface area (Å²) in [7, 11) is 0. The molecule has 0 radical (unpaired) electrons. The van der Waals surface area contributed by atoms with Gasteiger partial charge < -0.3 is 24.5 Å². The second-order valence-electron chi connectivity index (χ2n) is 13.5. The molecule has 2 bridgehead atoms. The van der Waals surface area contributed by atoms with Crippen molar-refractivity contribution in [3.8, 4) is 0 Å². The predicted octanol–water partition coefficient (Wildman–Crippen LogP) is 5.74. The third kappa shape index (κ3) is 6.30. The van der Waals surface area contributed by atoms with Gasteiger partial charge in [0.25, 0.3) is 5.91 Å². The number of likely N-dealkylation sites (tertiary alicyclic amines) is 1. The number of fused-ring (bicyclic) bond motifs is 1. The number of rotatable bonds is 16. The number of hydrogen-bond acceptors (Lipinski definition) is 5. The van der Waals surface area contributed by atoms with Gasteiger partial charge in [0, 0.05) is 38.5 Å². The molecule has 8 nitrogen and oxygen atoms in total. The van der Waals surface area contributed by atoms with Gasteiger partial charge in [0.05, 0.1) is 17.4 Å². The highest BCUT2D eigenvalue weighted by molar-refractivity contribution is 6.05. The molecule has 5 atom stereocenters. The Kier molecular flexibility index (Phi) is 10.7. The largest absolute Gasteiger partial charge is 0.396 e. The Balaban J connectivity index is 1.57. The van der Waals surface area contributed by atoms with Crippen molar-refractivity contribution in [3.63, 3.8) is 0 Å². The van der Waals surface area contributed by atoms with Crippen molar-refractivity contribution in [2.24, 2.45) is 11.8 Å². The number of carbonyl (C=O) groups excluding carboxylic acids is 3. The van der Waals surface area contributed by atoms with Crippen LogP contribution in [0.1, 0.15) is 68.6 Å². The Labute approximate surface area is 280 Å². The summed E-state index contributed by atoms with van der Waals surface area (Å²) in [5.41, 5.74) is 1.82. The van der Waals surface area contributed by atoms with Crippen molar-refractivity contribution < 1.29 is 24.2 Å². The minimum atomic E-state index is -1.11. The Morgan fingerprint density at radius 2 is 1.72 bits per heavy atom. The zero-order valence-corrected chi connectivity index (χ0v) is 28.3. The second-order valence-corrected chi connectivity index (χ2v) is 13.5. The Morgan fingerprint density at radius 1 is 1.00 bits per heavy atom. The van der Waals surface area contributed by atoms with Crippen LogP contribution < -0.4 is 4.90 Å². The van der Waals surface area contributed by atoms with Crippen LogP contribution >= 0.6 is 0 Å². The summed E-state index contributed by atoms with van der Waals surface area (Å²) in [4.78, 5) is 49.8. The predicted molar refractivity (Wildman–Crippen MR) is 185 cm³/mol. The van der Waals surface area contributed by atoms with Gasteiger partial charge in [0.1, 0.15) is 11.6 Å². The molecule has 0 aromatic heterocycles. The van der Waals surface area contributed by atoms with Gasteiger partial charge in [-0.1, -0.05) is 74.4 Å². The second kappa shape index (κ2) is 14.6. The van der Waals surface area contributed by atoms with Gasteiger partial charge in [0.2, 0.25) is 11.8 Å².